The molecule has 5 heteroatoms. The molecule has 2 unspecified atom stereocenters. The molecule has 2 rings (SSSR count). The molecule has 1 aromatic rings. The van der Waals surface area contributed by atoms with E-state index in [9.17, 15) is 0 Å². The molecule has 1 aliphatic rings. The molecule has 0 spiro atoms. The zero-order chi connectivity index (χ0) is 13.8. The van der Waals surface area contributed by atoms with Crippen molar-refractivity contribution >= 4 is 0 Å². The summed E-state index contributed by atoms with van der Waals surface area (Å²) >= 11 is 0. The monoisotopic (exact) mass is 265 g/mol. The van der Waals surface area contributed by atoms with E-state index in [0.717, 1.165) is 25.9 Å². The SMILES string of the molecule is CNC(CCc1ccnn1C)C1CN(C)CCN1C. The number of nitrogens with zero attached hydrogens (tertiary/aromatic N) is 4. The molecule has 0 bridgehead atoms. The summed E-state index contributed by atoms with van der Waals surface area (Å²) in [5, 5.41) is 7.74. The minimum atomic E-state index is 0.530. The minimum Gasteiger partial charge on any atom is -0.315 e. The summed E-state index contributed by atoms with van der Waals surface area (Å²) in [7, 11) is 8.56. The molecule has 108 valence electrons. The Morgan fingerprint density at radius 3 is 2.79 bits per heavy atom. The van der Waals surface area contributed by atoms with Gasteiger partial charge in [0.05, 0.1) is 0 Å². The van der Waals surface area contributed by atoms with Crippen LogP contribution in [-0.4, -0.2) is 72.4 Å². The third-order valence-corrected chi connectivity index (χ3v) is 4.37. The first kappa shape index (κ1) is 14.5. The first-order valence-electron chi connectivity index (χ1n) is 7.14. The molecule has 1 aliphatic heterocycles. The Bertz CT molecular complexity index is 389. The summed E-state index contributed by atoms with van der Waals surface area (Å²) in [6.45, 7) is 3.48. The van der Waals surface area contributed by atoms with E-state index in [-0.39, 0.29) is 0 Å². The van der Waals surface area contributed by atoms with Gasteiger partial charge in [0, 0.05) is 50.7 Å². The van der Waals surface area contributed by atoms with Gasteiger partial charge in [0.2, 0.25) is 0 Å². The molecule has 1 fully saturated rings. The lowest BCUT2D eigenvalue weighted by Crippen LogP contribution is -2.58. The molecule has 0 amide bonds. The molecule has 0 aromatic carbocycles. The fraction of sp³-hybridized carbons (Fsp3) is 0.786. The summed E-state index contributed by atoms with van der Waals surface area (Å²) in [6.07, 6.45) is 4.11. The molecule has 1 N–H and O–H groups in total. The Hall–Kier alpha value is -0.910. The van der Waals surface area contributed by atoms with Gasteiger partial charge in [-0.3, -0.25) is 9.58 Å². The average Bonchev–Trinajstić information content (AvgIpc) is 2.80. The van der Waals surface area contributed by atoms with E-state index in [0.29, 0.717) is 12.1 Å². The molecule has 1 saturated heterocycles. The van der Waals surface area contributed by atoms with Crippen molar-refractivity contribution in [1.82, 2.24) is 24.9 Å². The maximum Gasteiger partial charge on any atom is 0.0492 e. The number of piperazine rings is 1. The first-order chi connectivity index (χ1) is 9.11. The quantitative estimate of drug-likeness (QED) is 0.824. The maximum atomic E-state index is 4.24. The Labute approximate surface area is 116 Å². The van der Waals surface area contributed by atoms with Crippen molar-refractivity contribution in [3.05, 3.63) is 18.0 Å². The first-order valence-corrected chi connectivity index (χ1v) is 7.14. The van der Waals surface area contributed by atoms with Crippen LogP contribution in [0.1, 0.15) is 12.1 Å². The highest BCUT2D eigenvalue weighted by molar-refractivity contribution is 5.01. The summed E-state index contributed by atoms with van der Waals surface area (Å²) in [5.41, 5.74) is 1.31. The molecular weight excluding hydrogens is 238 g/mol. The van der Waals surface area contributed by atoms with Crippen LogP contribution < -0.4 is 5.32 Å². The van der Waals surface area contributed by atoms with Gasteiger partial charge in [-0.15, -0.1) is 0 Å². The van der Waals surface area contributed by atoms with Gasteiger partial charge in [0.1, 0.15) is 0 Å². The number of aryl methyl sites for hydroxylation is 2. The van der Waals surface area contributed by atoms with Crippen LogP contribution in [0.5, 0.6) is 0 Å². The van der Waals surface area contributed by atoms with Crippen molar-refractivity contribution in [3.8, 4) is 0 Å². The van der Waals surface area contributed by atoms with Gasteiger partial charge in [-0.2, -0.15) is 5.10 Å². The van der Waals surface area contributed by atoms with Crippen molar-refractivity contribution < 1.29 is 0 Å². The highest BCUT2D eigenvalue weighted by Crippen LogP contribution is 2.14. The minimum absolute atomic E-state index is 0.530. The number of rotatable bonds is 5. The van der Waals surface area contributed by atoms with E-state index in [1.807, 2.05) is 17.9 Å². The standard InChI is InChI=1S/C14H27N5/c1-15-13(6-5-12-7-8-16-19(12)4)14-11-17(2)9-10-18(14)3/h7-8,13-15H,5-6,9-11H2,1-4H3. The van der Waals surface area contributed by atoms with Crippen LogP contribution in [-0.2, 0) is 13.5 Å². The largest absolute Gasteiger partial charge is 0.315 e. The van der Waals surface area contributed by atoms with Crippen molar-refractivity contribution in [3.63, 3.8) is 0 Å². The van der Waals surface area contributed by atoms with Gasteiger partial charge in [0.15, 0.2) is 0 Å². The highest BCUT2D eigenvalue weighted by Gasteiger charge is 2.28. The fourth-order valence-corrected chi connectivity index (χ4v) is 2.96. The van der Waals surface area contributed by atoms with Gasteiger partial charge < -0.3 is 10.2 Å². The van der Waals surface area contributed by atoms with Crippen molar-refractivity contribution in [2.75, 3.05) is 40.8 Å². The van der Waals surface area contributed by atoms with Crippen LogP contribution in [0.25, 0.3) is 0 Å². The Morgan fingerprint density at radius 2 is 2.16 bits per heavy atom. The van der Waals surface area contributed by atoms with Crippen molar-refractivity contribution in [1.29, 1.82) is 0 Å². The topological polar surface area (TPSA) is 36.3 Å². The normalized spacial score (nSPS) is 23.7. The van der Waals surface area contributed by atoms with Gasteiger partial charge in [-0.05, 0) is 40.1 Å². The van der Waals surface area contributed by atoms with Gasteiger partial charge in [-0.1, -0.05) is 0 Å². The lowest BCUT2D eigenvalue weighted by atomic mass is 9.98. The third kappa shape index (κ3) is 3.55. The van der Waals surface area contributed by atoms with Crippen LogP contribution in [0.4, 0.5) is 0 Å². The summed E-state index contributed by atoms with van der Waals surface area (Å²) < 4.78 is 1.98. The average molecular weight is 265 g/mol. The van der Waals surface area contributed by atoms with Crippen molar-refractivity contribution in [2.24, 2.45) is 7.05 Å². The Balaban J connectivity index is 1.93. The molecule has 0 saturated carbocycles. The second-order valence-electron chi connectivity index (χ2n) is 5.69. The van der Waals surface area contributed by atoms with E-state index in [1.165, 1.54) is 12.2 Å². The van der Waals surface area contributed by atoms with Crippen LogP contribution in [0.15, 0.2) is 12.3 Å². The molecule has 5 nitrogen and oxygen atoms in total. The number of likely N-dealkylation sites (N-methyl/N-ethyl adjacent to an activating group) is 3. The fourth-order valence-electron chi connectivity index (χ4n) is 2.96. The van der Waals surface area contributed by atoms with E-state index < -0.39 is 0 Å². The van der Waals surface area contributed by atoms with Gasteiger partial charge >= 0.3 is 0 Å². The highest BCUT2D eigenvalue weighted by atomic mass is 15.3. The van der Waals surface area contributed by atoms with E-state index >= 15 is 0 Å². The molecule has 1 aromatic heterocycles. The van der Waals surface area contributed by atoms with E-state index in [4.69, 9.17) is 0 Å². The summed E-state index contributed by atoms with van der Waals surface area (Å²) in [4.78, 5) is 4.92. The molecular formula is C14H27N5. The molecule has 19 heavy (non-hydrogen) atoms. The van der Waals surface area contributed by atoms with Crippen molar-refractivity contribution in [2.45, 2.75) is 24.9 Å². The Kier molecular flexibility index (Phi) is 4.96. The van der Waals surface area contributed by atoms with Crippen LogP contribution in [0.3, 0.4) is 0 Å². The number of hydrogen-bond donors (Lipinski definition) is 1. The smallest absolute Gasteiger partial charge is 0.0492 e. The zero-order valence-electron chi connectivity index (χ0n) is 12.6. The molecule has 2 heterocycles. The van der Waals surface area contributed by atoms with E-state index in [1.54, 1.807) is 0 Å². The van der Waals surface area contributed by atoms with Gasteiger partial charge in [0.25, 0.3) is 0 Å². The second-order valence-corrected chi connectivity index (χ2v) is 5.69. The predicted octanol–water partition coefficient (Wildman–Crippen LogP) is 0.187. The zero-order valence-corrected chi connectivity index (χ0v) is 12.6. The molecule has 2 atom stereocenters. The lowest BCUT2D eigenvalue weighted by Gasteiger charge is -2.42. The number of aromatic nitrogens is 2. The maximum absolute atomic E-state index is 4.24. The van der Waals surface area contributed by atoms with Crippen LogP contribution in [0, 0.1) is 0 Å². The lowest BCUT2D eigenvalue weighted by molar-refractivity contribution is 0.0873. The number of nitrogens with one attached hydrogen (secondary N) is 1. The summed E-state index contributed by atoms with van der Waals surface area (Å²) in [5.74, 6) is 0. The number of hydrogen-bond acceptors (Lipinski definition) is 4. The van der Waals surface area contributed by atoms with E-state index in [2.05, 4.69) is 47.4 Å². The Morgan fingerprint density at radius 1 is 1.37 bits per heavy atom. The van der Waals surface area contributed by atoms with Crippen LogP contribution >= 0.6 is 0 Å². The van der Waals surface area contributed by atoms with Gasteiger partial charge in [-0.25, -0.2) is 0 Å². The summed E-state index contributed by atoms with van der Waals surface area (Å²) in [6, 6.07) is 3.24. The molecule has 0 aliphatic carbocycles. The van der Waals surface area contributed by atoms with Crippen LogP contribution in [0.2, 0.25) is 0 Å². The second kappa shape index (κ2) is 6.50. The molecule has 0 radical (unpaired) electrons. The third-order valence-electron chi connectivity index (χ3n) is 4.37. The predicted molar refractivity (Wildman–Crippen MR) is 78.3 cm³/mol.